The largest absolute Gasteiger partial charge is 0.462 e. The molecule has 2 saturated carbocycles. The van der Waals surface area contributed by atoms with E-state index in [9.17, 15) is 33.6 Å². The fourth-order valence-electron chi connectivity index (χ4n) is 8.24. The van der Waals surface area contributed by atoms with E-state index in [1.54, 1.807) is 49.3 Å². The molecular weight excluding hydrogens is 674 g/mol. The van der Waals surface area contributed by atoms with E-state index in [0.717, 1.165) is 38.5 Å². The van der Waals surface area contributed by atoms with Gasteiger partial charge in [-0.15, -0.1) is 0 Å². The molecule has 4 rings (SSSR count). The number of hydrogen-bond donors (Lipinski definition) is 1. The van der Waals surface area contributed by atoms with E-state index in [2.05, 4.69) is 12.2 Å². The zero-order valence-electron chi connectivity index (χ0n) is 32.9. The number of nitrogens with one attached hydrogen (secondary N) is 1. The molecule has 1 N–H and O–H groups in total. The van der Waals surface area contributed by atoms with Gasteiger partial charge in [0.1, 0.15) is 12.1 Å². The van der Waals surface area contributed by atoms with Gasteiger partial charge in [0.2, 0.25) is 23.5 Å². The fourth-order valence-corrected chi connectivity index (χ4v) is 8.24. The standard InChI is InChI=1S/C42H61N3O8/c1-8-15-29(39(50)33(46)18-19-35(48)43-37(41(52)44(6)7)28-16-11-9-12-17-28)23-34(47)38-31-22-30(31)25-45(38)40(51)32(42(5)20-13-10-14-21-42)24-36(49)53-27(4)26(2)3/h9,11-12,16-17,26-27,29-32,37-38H,8,10,13-15,18-25H2,1-7H3,(H,43,48)/t27?,29?,30-,31-,32+,37-,38-/m0/s1. The molecule has 0 aromatic heterocycles. The van der Waals surface area contributed by atoms with Gasteiger partial charge in [-0.1, -0.05) is 83.7 Å². The smallest absolute Gasteiger partial charge is 0.306 e. The van der Waals surface area contributed by atoms with Crippen LogP contribution >= 0.6 is 0 Å². The number of fused-ring (bicyclic) bond motifs is 1. The number of piperidine rings is 1. The molecule has 3 aliphatic rings. The van der Waals surface area contributed by atoms with E-state index in [-0.39, 0.29) is 67.1 Å². The van der Waals surface area contributed by atoms with Gasteiger partial charge < -0.3 is 19.9 Å². The minimum absolute atomic E-state index is 0.0124. The van der Waals surface area contributed by atoms with Crippen LogP contribution in [-0.4, -0.2) is 83.6 Å². The fraction of sp³-hybridized carbons (Fsp3) is 0.690. The lowest BCUT2D eigenvalue weighted by Crippen LogP contribution is -2.51. The molecule has 1 aromatic carbocycles. The van der Waals surface area contributed by atoms with Crippen molar-refractivity contribution in [2.24, 2.45) is 35.0 Å². The zero-order chi connectivity index (χ0) is 39.0. The van der Waals surface area contributed by atoms with Gasteiger partial charge >= 0.3 is 5.97 Å². The van der Waals surface area contributed by atoms with Crippen LogP contribution in [0.3, 0.4) is 0 Å². The number of hydrogen-bond acceptors (Lipinski definition) is 8. The van der Waals surface area contributed by atoms with E-state index in [1.807, 2.05) is 27.7 Å². The summed E-state index contributed by atoms with van der Waals surface area (Å²) in [5.74, 6) is -4.20. The Morgan fingerprint density at radius 2 is 1.60 bits per heavy atom. The summed E-state index contributed by atoms with van der Waals surface area (Å²) in [4.78, 5) is 97.4. The predicted molar refractivity (Wildman–Crippen MR) is 200 cm³/mol. The first-order valence-electron chi connectivity index (χ1n) is 19.7. The van der Waals surface area contributed by atoms with Crippen LogP contribution < -0.4 is 5.32 Å². The molecule has 53 heavy (non-hydrogen) atoms. The maximum absolute atomic E-state index is 14.5. The minimum Gasteiger partial charge on any atom is -0.462 e. The number of amides is 3. The molecule has 292 valence electrons. The number of rotatable bonds is 19. The van der Waals surface area contributed by atoms with Crippen LogP contribution in [0, 0.1) is 35.0 Å². The molecule has 2 unspecified atom stereocenters. The van der Waals surface area contributed by atoms with Crippen molar-refractivity contribution in [2.75, 3.05) is 20.6 Å². The monoisotopic (exact) mass is 735 g/mol. The lowest BCUT2D eigenvalue weighted by Gasteiger charge is -2.42. The van der Waals surface area contributed by atoms with Crippen LogP contribution in [0.4, 0.5) is 0 Å². The summed E-state index contributed by atoms with van der Waals surface area (Å²) in [6.45, 7) is 10.2. The molecule has 7 atom stereocenters. The average Bonchev–Trinajstić information content (AvgIpc) is 3.79. The molecule has 2 aliphatic carbocycles. The molecule has 1 aromatic rings. The minimum atomic E-state index is -0.937. The van der Waals surface area contributed by atoms with Crippen LogP contribution in [0.25, 0.3) is 0 Å². The topological polar surface area (TPSA) is 147 Å². The lowest BCUT2D eigenvalue weighted by atomic mass is 9.65. The van der Waals surface area contributed by atoms with E-state index in [1.165, 1.54) is 4.90 Å². The lowest BCUT2D eigenvalue weighted by molar-refractivity contribution is -0.159. The average molecular weight is 736 g/mol. The van der Waals surface area contributed by atoms with Crippen molar-refractivity contribution in [1.29, 1.82) is 0 Å². The maximum Gasteiger partial charge on any atom is 0.306 e. The van der Waals surface area contributed by atoms with Crippen LogP contribution in [0.1, 0.15) is 123 Å². The molecule has 0 spiro atoms. The second-order valence-corrected chi connectivity index (χ2v) is 16.6. The quantitative estimate of drug-likeness (QED) is 0.142. The van der Waals surface area contributed by atoms with Gasteiger partial charge in [0.25, 0.3) is 0 Å². The van der Waals surface area contributed by atoms with Crippen LogP contribution in [0.5, 0.6) is 0 Å². The number of likely N-dealkylation sites (tertiary alicyclic amines) is 1. The van der Waals surface area contributed by atoms with Crippen molar-refractivity contribution in [3.05, 3.63) is 35.9 Å². The van der Waals surface area contributed by atoms with E-state index in [4.69, 9.17) is 4.74 Å². The Hall–Kier alpha value is -3.89. The number of ether oxygens (including phenoxy) is 1. The van der Waals surface area contributed by atoms with Crippen molar-refractivity contribution in [3.8, 4) is 0 Å². The second kappa shape index (κ2) is 18.4. The number of nitrogens with zero attached hydrogens (tertiary/aromatic N) is 2. The van der Waals surface area contributed by atoms with Crippen LogP contribution in [0.2, 0.25) is 0 Å². The third-order valence-electron chi connectivity index (χ3n) is 12.0. The van der Waals surface area contributed by atoms with Crippen molar-refractivity contribution in [1.82, 2.24) is 15.1 Å². The predicted octanol–water partition coefficient (Wildman–Crippen LogP) is 5.64. The first-order chi connectivity index (χ1) is 25.1. The van der Waals surface area contributed by atoms with Gasteiger partial charge in [-0.25, -0.2) is 0 Å². The summed E-state index contributed by atoms with van der Waals surface area (Å²) in [7, 11) is 3.18. The number of likely N-dealkylation sites (N-methyl/N-ethyl adjacent to an activating group) is 1. The number of ketones is 3. The summed E-state index contributed by atoms with van der Waals surface area (Å²) in [5.41, 5.74) is 0.205. The van der Waals surface area contributed by atoms with Gasteiger partial charge in [-0.2, -0.15) is 0 Å². The Morgan fingerprint density at radius 1 is 0.943 bits per heavy atom. The van der Waals surface area contributed by atoms with Gasteiger partial charge in [0.15, 0.2) is 11.6 Å². The van der Waals surface area contributed by atoms with Crippen LogP contribution in [0.15, 0.2) is 30.3 Å². The Bertz CT molecular complexity index is 1500. The van der Waals surface area contributed by atoms with Gasteiger partial charge in [0.05, 0.1) is 18.4 Å². The van der Waals surface area contributed by atoms with E-state index in [0.29, 0.717) is 24.9 Å². The second-order valence-electron chi connectivity index (χ2n) is 16.6. The molecule has 0 radical (unpaired) electrons. The molecule has 11 heteroatoms. The SMILES string of the molecule is CCCC(CC(=O)[C@@H]1[C@H]2C[C@H]2CN1C(=O)[C@@H](CC(=O)OC(C)C(C)C)C1(C)CCCCC1)C(=O)C(=O)CCC(=O)N[C@H](C(=O)N(C)C)c1ccccc1. The molecule has 0 bridgehead atoms. The highest BCUT2D eigenvalue weighted by Crippen LogP contribution is 2.52. The Kier molecular flexibility index (Phi) is 14.6. The summed E-state index contributed by atoms with van der Waals surface area (Å²) < 4.78 is 5.73. The maximum atomic E-state index is 14.5. The number of carbonyl (C=O) groups excluding carboxylic acids is 7. The normalized spacial score (nSPS) is 22.5. The first kappa shape index (κ1) is 41.9. The Labute approximate surface area is 315 Å². The van der Waals surface area contributed by atoms with E-state index >= 15 is 0 Å². The highest BCUT2D eigenvalue weighted by molar-refractivity contribution is 6.38. The number of benzene rings is 1. The molecule has 1 aliphatic heterocycles. The van der Waals surface area contributed by atoms with Crippen molar-refractivity contribution in [2.45, 2.75) is 130 Å². The summed E-state index contributed by atoms with van der Waals surface area (Å²) in [6.07, 6.45) is 5.30. The van der Waals surface area contributed by atoms with Crippen molar-refractivity contribution < 1.29 is 38.3 Å². The third kappa shape index (κ3) is 10.6. The van der Waals surface area contributed by atoms with Crippen LogP contribution in [-0.2, 0) is 38.3 Å². The highest BCUT2D eigenvalue weighted by atomic mass is 16.5. The number of esters is 1. The molecular formula is C42H61N3O8. The van der Waals surface area contributed by atoms with E-state index < -0.39 is 52.8 Å². The van der Waals surface area contributed by atoms with Gasteiger partial charge in [-0.3, -0.25) is 33.6 Å². The first-order valence-corrected chi connectivity index (χ1v) is 19.7. The summed E-state index contributed by atoms with van der Waals surface area (Å²) in [5, 5.41) is 2.70. The summed E-state index contributed by atoms with van der Waals surface area (Å²) >= 11 is 0. The molecule has 1 heterocycles. The van der Waals surface area contributed by atoms with Crippen molar-refractivity contribution in [3.63, 3.8) is 0 Å². The molecule has 1 saturated heterocycles. The molecule has 11 nitrogen and oxygen atoms in total. The Morgan fingerprint density at radius 3 is 2.21 bits per heavy atom. The van der Waals surface area contributed by atoms with Gasteiger partial charge in [-0.05, 0) is 61.3 Å². The highest BCUT2D eigenvalue weighted by Gasteiger charge is 2.58. The Balaban J connectivity index is 1.43. The third-order valence-corrected chi connectivity index (χ3v) is 12.0. The summed E-state index contributed by atoms with van der Waals surface area (Å²) in [6, 6.07) is 7.17. The molecule has 3 amide bonds. The number of carbonyl (C=O) groups is 7. The van der Waals surface area contributed by atoms with Gasteiger partial charge in [0, 0.05) is 45.8 Å². The molecule has 3 fully saturated rings. The van der Waals surface area contributed by atoms with Crippen molar-refractivity contribution >= 4 is 41.0 Å². The zero-order valence-corrected chi connectivity index (χ0v) is 32.9. The number of Topliss-reactive ketones (excluding diaryl/α,β-unsaturated/α-hetero) is 3.